The summed E-state index contributed by atoms with van der Waals surface area (Å²) in [5.74, 6) is -0.730. The molecule has 1 aromatic heterocycles. The number of nitrogens with two attached hydrogens (primary N) is 1. The first kappa shape index (κ1) is 14.4. The summed E-state index contributed by atoms with van der Waals surface area (Å²) in [7, 11) is -4.03. The van der Waals surface area contributed by atoms with E-state index in [0.717, 1.165) is 6.07 Å². The first-order valence-electron chi connectivity index (χ1n) is 3.96. The molecule has 5 nitrogen and oxygen atoms in total. The van der Waals surface area contributed by atoms with Gasteiger partial charge in [0.25, 0.3) is 0 Å². The van der Waals surface area contributed by atoms with Crippen molar-refractivity contribution in [3.63, 3.8) is 0 Å². The van der Waals surface area contributed by atoms with Gasteiger partial charge in [-0.15, -0.1) is 13.2 Å². The minimum absolute atomic E-state index is 0.0110. The second-order valence-electron chi connectivity index (χ2n) is 2.95. The van der Waals surface area contributed by atoms with E-state index in [4.69, 9.17) is 5.14 Å². The summed E-state index contributed by atoms with van der Waals surface area (Å²) in [6.45, 7) is 1.23. The third-order valence-corrected chi connectivity index (χ3v) is 3.88. The predicted molar refractivity (Wildman–Crippen MR) is 59.7 cm³/mol. The Balaban J connectivity index is 3.29. The predicted octanol–water partition coefficient (Wildman–Crippen LogP) is 1.54. The van der Waals surface area contributed by atoms with Crippen molar-refractivity contribution < 1.29 is 26.3 Å². The quantitative estimate of drug-likeness (QED) is 0.787. The molecule has 0 bridgehead atoms. The number of hydrogen-bond acceptors (Lipinski definition) is 4. The van der Waals surface area contributed by atoms with Crippen molar-refractivity contribution in [3.8, 4) is 5.88 Å². The molecule has 1 heterocycles. The number of primary sulfonamides is 1. The number of aromatic nitrogens is 1. The Morgan fingerprint density at radius 2 is 2.00 bits per heavy atom. The molecule has 1 aromatic rings. The highest BCUT2D eigenvalue weighted by molar-refractivity contribution is 14.1. The van der Waals surface area contributed by atoms with Crippen molar-refractivity contribution >= 4 is 32.6 Å². The fourth-order valence-electron chi connectivity index (χ4n) is 1.11. The van der Waals surface area contributed by atoms with Gasteiger partial charge in [0.15, 0.2) is 0 Å². The highest BCUT2D eigenvalue weighted by Gasteiger charge is 2.32. The Labute approximate surface area is 108 Å². The fourth-order valence-corrected chi connectivity index (χ4v) is 3.47. The molecule has 96 valence electrons. The third kappa shape index (κ3) is 3.96. The van der Waals surface area contributed by atoms with Gasteiger partial charge in [-0.05, 0) is 29.5 Å². The number of halogens is 4. The van der Waals surface area contributed by atoms with E-state index < -0.39 is 22.3 Å². The molecule has 0 aliphatic carbocycles. The smallest absolute Gasteiger partial charge is 0.388 e. The second kappa shape index (κ2) is 4.57. The average molecular weight is 382 g/mol. The molecule has 0 atom stereocenters. The largest absolute Gasteiger partial charge is 0.574 e. The van der Waals surface area contributed by atoms with E-state index >= 15 is 0 Å². The molecular weight excluding hydrogens is 376 g/mol. The summed E-state index contributed by atoms with van der Waals surface area (Å²) >= 11 is 1.54. The highest BCUT2D eigenvalue weighted by Crippen LogP contribution is 2.27. The molecule has 0 saturated heterocycles. The SMILES string of the molecule is Cc1nc(OC(F)(F)F)cc(I)c1S(N)(=O)=O. The van der Waals surface area contributed by atoms with Crippen LogP contribution < -0.4 is 9.88 Å². The Morgan fingerprint density at radius 1 is 1.47 bits per heavy atom. The first-order chi connectivity index (χ1) is 7.50. The van der Waals surface area contributed by atoms with Crippen LogP contribution >= 0.6 is 22.6 Å². The van der Waals surface area contributed by atoms with Crippen LogP contribution in [0.15, 0.2) is 11.0 Å². The molecule has 10 heteroatoms. The van der Waals surface area contributed by atoms with E-state index in [0.29, 0.717) is 0 Å². The fraction of sp³-hybridized carbons (Fsp3) is 0.286. The summed E-state index contributed by atoms with van der Waals surface area (Å²) in [6, 6.07) is 0.848. The van der Waals surface area contributed by atoms with Crippen LogP contribution in [-0.2, 0) is 10.0 Å². The van der Waals surface area contributed by atoms with Gasteiger partial charge in [-0.2, -0.15) is 0 Å². The van der Waals surface area contributed by atoms with Crippen molar-refractivity contribution in [2.24, 2.45) is 5.14 Å². The lowest BCUT2D eigenvalue weighted by molar-refractivity contribution is -0.276. The van der Waals surface area contributed by atoms with Crippen LogP contribution in [0.25, 0.3) is 0 Å². The topological polar surface area (TPSA) is 82.3 Å². The summed E-state index contributed by atoms with van der Waals surface area (Å²) < 4.78 is 61.7. The standard InChI is InChI=1S/C7H6F3IN2O3S/c1-3-6(17(12,14)15)4(11)2-5(13-3)16-7(8,9)10/h2H,1H3,(H2,12,14,15). The zero-order valence-corrected chi connectivity index (χ0v) is 11.2. The van der Waals surface area contributed by atoms with Crippen molar-refractivity contribution in [1.82, 2.24) is 4.98 Å². The minimum Gasteiger partial charge on any atom is -0.388 e. The molecule has 0 unspecified atom stereocenters. The van der Waals surface area contributed by atoms with Gasteiger partial charge in [0.1, 0.15) is 4.90 Å². The van der Waals surface area contributed by atoms with Crippen LogP contribution in [0.3, 0.4) is 0 Å². The Morgan fingerprint density at radius 3 is 2.35 bits per heavy atom. The van der Waals surface area contributed by atoms with Crippen LogP contribution in [0.1, 0.15) is 5.69 Å². The van der Waals surface area contributed by atoms with E-state index in [2.05, 4.69) is 9.72 Å². The Kier molecular flexibility index (Phi) is 3.88. The molecule has 17 heavy (non-hydrogen) atoms. The van der Waals surface area contributed by atoms with Crippen LogP contribution in [0.5, 0.6) is 5.88 Å². The summed E-state index contributed by atoms with van der Waals surface area (Å²) in [5.41, 5.74) is -0.154. The zero-order valence-electron chi connectivity index (χ0n) is 8.25. The summed E-state index contributed by atoms with van der Waals surface area (Å²) in [6.07, 6.45) is -4.88. The average Bonchev–Trinajstić information content (AvgIpc) is 1.94. The van der Waals surface area contributed by atoms with E-state index in [1.54, 1.807) is 22.6 Å². The number of sulfonamides is 1. The lowest BCUT2D eigenvalue weighted by Gasteiger charge is -2.11. The first-order valence-corrected chi connectivity index (χ1v) is 6.59. The molecule has 0 fully saturated rings. The highest BCUT2D eigenvalue weighted by atomic mass is 127. The third-order valence-electron chi connectivity index (χ3n) is 1.58. The van der Waals surface area contributed by atoms with Crippen LogP contribution in [0.4, 0.5) is 13.2 Å². The maximum atomic E-state index is 11.9. The van der Waals surface area contributed by atoms with Gasteiger partial charge < -0.3 is 4.74 Å². The van der Waals surface area contributed by atoms with Gasteiger partial charge in [-0.3, -0.25) is 0 Å². The number of rotatable bonds is 2. The van der Waals surface area contributed by atoms with Gasteiger partial charge in [-0.1, -0.05) is 0 Å². The van der Waals surface area contributed by atoms with Gasteiger partial charge in [0.05, 0.1) is 5.69 Å². The molecular formula is C7H6F3IN2O3S. The van der Waals surface area contributed by atoms with Gasteiger partial charge in [0, 0.05) is 9.64 Å². The van der Waals surface area contributed by atoms with Crippen LogP contribution in [0.2, 0.25) is 0 Å². The van der Waals surface area contributed by atoms with E-state index in [1.807, 2.05) is 0 Å². The zero-order chi connectivity index (χ0) is 13.4. The Hall–Kier alpha value is -0.620. The maximum absolute atomic E-state index is 11.9. The molecule has 0 amide bonds. The lowest BCUT2D eigenvalue weighted by Crippen LogP contribution is -2.20. The molecule has 2 N–H and O–H groups in total. The van der Waals surface area contributed by atoms with Crippen molar-refractivity contribution in [3.05, 3.63) is 15.3 Å². The number of pyridine rings is 1. The molecule has 0 aromatic carbocycles. The second-order valence-corrected chi connectivity index (χ2v) is 5.61. The number of alkyl halides is 3. The van der Waals surface area contributed by atoms with Crippen LogP contribution in [-0.4, -0.2) is 19.8 Å². The normalized spacial score (nSPS) is 12.6. The van der Waals surface area contributed by atoms with E-state index in [-0.39, 0.29) is 14.2 Å². The summed E-state index contributed by atoms with van der Waals surface area (Å²) in [5, 5.41) is 4.90. The molecule has 0 saturated carbocycles. The number of aryl methyl sites for hydroxylation is 1. The monoisotopic (exact) mass is 382 g/mol. The van der Waals surface area contributed by atoms with E-state index in [1.165, 1.54) is 6.92 Å². The number of hydrogen-bond donors (Lipinski definition) is 1. The number of ether oxygens (including phenoxy) is 1. The maximum Gasteiger partial charge on any atom is 0.574 e. The molecule has 0 spiro atoms. The number of nitrogens with zero attached hydrogens (tertiary/aromatic N) is 1. The molecule has 0 radical (unpaired) electrons. The van der Waals surface area contributed by atoms with E-state index in [9.17, 15) is 21.6 Å². The molecule has 0 aliphatic rings. The summed E-state index contributed by atoms with van der Waals surface area (Å²) in [4.78, 5) is 3.07. The van der Waals surface area contributed by atoms with Crippen molar-refractivity contribution in [1.29, 1.82) is 0 Å². The van der Waals surface area contributed by atoms with Gasteiger partial charge in [0.2, 0.25) is 15.9 Å². The minimum atomic E-state index is -4.88. The van der Waals surface area contributed by atoms with Crippen molar-refractivity contribution in [2.75, 3.05) is 0 Å². The molecule has 0 aliphatic heterocycles. The van der Waals surface area contributed by atoms with Gasteiger partial charge in [-0.25, -0.2) is 18.5 Å². The van der Waals surface area contributed by atoms with Crippen molar-refractivity contribution in [2.45, 2.75) is 18.2 Å². The Bertz CT molecular complexity index is 521. The van der Waals surface area contributed by atoms with Gasteiger partial charge >= 0.3 is 6.36 Å². The van der Waals surface area contributed by atoms with Crippen LogP contribution in [0, 0.1) is 10.5 Å². The lowest BCUT2D eigenvalue weighted by atomic mass is 10.4. The molecule has 1 rings (SSSR count).